The average molecular weight is 855 g/mol. The van der Waals surface area contributed by atoms with Crippen LogP contribution in [-0.2, 0) is 28.5 Å². The Bertz CT molecular complexity index is 1310. The van der Waals surface area contributed by atoms with Crippen molar-refractivity contribution < 1.29 is 49.0 Å². The van der Waals surface area contributed by atoms with Crippen LogP contribution in [0.4, 0.5) is 0 Å². The smallest absolute Gasteiger partial charge is 0.306 e. The van der Waals surface area contributed by atoms with Gasteiger partial charge in [0.1, 0.15) is 31.0 Å². The first-order valence-corrected chi connectivity index (χ1v) is 23.3. The lowest BCUT2D eigenvalue weighted by atomic mass is 9.99. The number of hydrogen-bond donors (Lipinski definition) is 4. The highest BCUT2D eigenvalue weighted by atomic mass is 16.7. The monoisotopic (exact) mass is 855 g/mol. The van der Waals surface area contributed by atoms with Gasteiger partial charge in [-0.25, -0.2) is 0 Å². The van der Waals surface area contributed by atoms with E-state index in [0.717, 1.165) is 77.0 Å². The van der Waals surface area contributed by atoms with Crippen LogP contribution in [0.1, 0.15) is 155 Å². The van der Waals surface area contributed by atoms with Gasteiger partial charge in [-0.2, -0.15) is 0 Å². The van der Waals surface area contributed by atoms with Gasteiger partial charge in [0, 0.05) is 12.8 Å². The van der Waals surface area contributed by atoms with Crippen molar-refractivity contribution >= 4 is 11.9 Å². The van der Waals surface area contributed by atoms with Crippen LogP contribution in [0.5, 0.6) is 0 Å². The van der Waals surface area contributed by atoms with Crippen molar-refractivity contribution in [2.24, 2.45) is 0 Å². The molecule has 1 aliphatic rings. The minimum Gasteiger partial charge on any atom is -0.462 e. The lowest BCUT2D eigenvalue weighted by molar-refractivity contribution is -0.305. The molecule has 1 aliphatic heterocycles. The second kappa shape index (κ2) is 40.7. The van der Waals surface area contributed by atoms with Crippen LogP contribution in [0.2, 0.25) is 0 Å². The Morgan fingerprint density at radius 1 is 0.525 bits per heavy atom. The largest absolute Gasteiger partial charge is 0.462 e. The van der Waals surface area contributed by atoms with Gasteiger partial charge >= 0.3 is 11.9 Å². The third-order valence-electron chi connectivity index (χ3n) is 9.95. The van der Waals surface area contributed by atoms with E-state index in [2.05, 4.69) is 105 Å². The molecule has 0 aromatic heterocycles. The van der Waals surface area contributed by atoms with E-state index in [1.54, 1.807) is 0 Å². The molecule has 0 saturated carbocycles. The molecule has 61 heavy (non-hydrogen) atoms. The Balaban J connectivity index is 2.40. The van der Waals surface area contributed by atoms with E-state index in [4.69, 9.17) is 18.9 Å². The molecule has 0 aromatic carbocycles. The van der Waals surface area contributed by atoms with Gasteiger partial charge in [0.25, 0.3) is 0 Å². The van der Waals surface area contributed by atoms with Crippen LogP contribution in [0.3, 0.4) is 0 Å². The summed E-state index contributed by atoms with van der Waals surface area (Å²) in [4.78, 5) is 25.3. The summed E-state index contributed by atoms with van der Waals surface area (Å²) in [7, 11) is 0. The van der Waals surface area contributed by atoms with Crippen molar-refractivity contribution in [3.8, 4) is 0 Å². The number of aliphatic hydroxyl groups is 4. The number of unbranched alkanes of at least 4 members (excludes halogenated alkanes) is 10. The zero-order valence-electron chi connectivity index (χ0n) is 37.6. The Hall–Kier alpha value is -3.38. The second-order valence-electron chi connectivity index (χ2n) is 15.5. The maximum atomic E-state index is 12.8. The minimum absolute atomic E-state index is 0.174. The van der Waals surface area contributed by atoms with Gasteiger partial charge in [0.15, 0.2) is 12.4 Å². The summed E-state index contributed by atoms with van der Waals surface area (Å²) in [6, 6.07) is 0. The standard InChI is InChI=1S/C51H82O10/c1-3-5-7-9-11-13-15-17-19-21-22-24-26-28-30-32-34-36-38-40-47(54)60-44(43-59-51-50(57)49(56)48(55)45(41-52)61-51)42-58-46(53)39-37-35-33-31-29-27-25-23-20-18-16-14-12-10-8-6-4-2/h5,7,11,13,17-20,22,24-25,27-28,30-31,33,44-45,48-52,55-57H,3-4,6,8-10,12,14-16,21,23,26,29,32,34-43H2,1-2H3/b7-5+,13-11+,19-17+,20-18+,24-22+,27-25+,30-28+,33-31+/t44-,45-,48+,49?,50?,51-/m1/s1. The summed E-state index contributed by atoms with van der Waals surface area (Å²) in [5, 5.41) is 40.1. The maximum absolute atomic E-state index is 12.8. The second-order valence-corrected chi connectivity index (χ2v) is 15.5. The number of esters is 2. The molecule has 1 saturated heterocycles. The van der Waals surface area contributed by atoms with E-state index in [0.29, 0.717) is 12.8 Å². The van der Waals surface area contributed by atoms with E-state index < -0.39 is 55.4 Å². The molecule has 0 aromatic rings. The van der Waals surface area contributed by atoms with Crippen LogP contribution in [0, 0.1) is 0 Å². The van der Waals surface area contributed by atoms with Gasteiger partial charge < -0.3 is 39.4 Å². The van der Waals surface area contributed by atoms with Gasteiger partial charge in [0.05, 0.1) is 13.2 Å². The molecule has 2 unspecified atom stereocenters. The molecule has 1 fully saturated rings. The highest BCUT2D eigenvalue weighted by Crippen LogP contribution is 2.22. The van der Waals surface area contributed by atoms with Gasteiger partial charge in [-0.3, -0.25) is 9.59 Å². The summed E-state index contributed by atoms with van der Waals surface area (Å²) in [6.07, 6.45) is 47.0. The predicted octanol–water partition coefficient (Wildman–Crippen LogP) is 10.3. The van der Waals surface area contributed by atoms with Crippen LogP contribution in [0.15, 0.2) is 97.2 Å². The Morgan fingerprint density at radius 3 is 1.51 bits per heavy atom. The molecule has 4 N–H and O–H groups in total. The summed E-state index contributed by atoms with van der Waals surface area (Å²) in [5.41, 5.74) is 0. The molecule has 0 aliphatic carbocycles. The molecule has 0 amide bonds. The number of hydrogen-bond acceptors (Lipinski definition) is 10. The Morgan fingerprint density at radius 2 is 0.984 bits per heavy atom. The van der Waals surface area contributed by atoms with Crippen molar-refractivity contribution in [3.63, 3.8) is 0 Å². The number of ether oxygens (including phenoxy) is 4. The molecule has 0 radical (unpaired) electrons. The number of allylic oxidation sites excluding steroid dienone is 16. The molecule has 1 heterocycles. The molecule has 346 valence electrons. The third kappa shape index (κ3) is 32.0. The SMILES string of the molecule is CC/C=C/C/C=C/C/C=C/C/C=C/C/C=C/CCCCCC(=O)O[C@H](COC(=O)CCC/C=C/C/C=C/C/C=C/CCCCCCCC)CO[C@@H]1O[C@H](CO)[C@H](O)C(O)C1O. The fraction of sp³-hybridized carbons (Fsp3) is 0.647. The summed E-state index contributed by atoms with van der Waals surface area (Å²) in [6.45, 7) is 3.20. The highest BCUT2D eigenvalue weighted by Gasteiger charge is 2.44. The summed E-state index contributed by atoms with van der Waals surface area (Å²) in [5.74, 6) is -0.915. The highest BCUT2D eigenvalue weighted by molar-refractivity contribution is 5.70. The first-order chi connectivity index (χ1) is 29.8. The van der Waals surface area contributed by atoms with E-state index in [1.807, 2.05) is 6.08 Å². The van der Waals surface area contributed by atoms with Crippen LogP contribution in [-0.4, -0.2) is 89.0 Å². The topological polar surface area (TPSA) is 152 Å². The van der Waals surface area contributed by atoms with E-state index in [1.165, 1.54) is 38.5 Å². The average Bonchev–Trinajstić information content (AvgIpc) is 3.26. The van der Waals surface area contributed by atoms with Gasteiger partial charge in [-0.05, 0) is 89.9 Å². The molecule has 0 bridgehead atoms. The number of carbonyl (C=O) groups is 2. The number of aliphatic hydroxyl groups excluding tert-OH is 4. The van der Waals surface area contributed by atoms with E-state index in [-0.39, 0.29) is 26.1 Å². The van der Waals surface area contributed by atoms with E-state index in [9.17, 15) is 30.0 Å². The van der Waals surface area contributed by atoms with Crippen LogP contribution in [0.25, 0.3) is 0 Å². The minimum atomic E-state index is -1.61. The molecule has 10 nitrogen and oxygen atoms in total. The van der Waals surface area contributed by atoms with Gasteiger partial charge in [-0.1, -0.05) is 150 Å². The van der Waals surface area contributed by atoms with Crippen molar-refractivity contribution in [3.05, 3.63) is 97.2 Å². The number of carbonyl (C=O) groups excluding carboxylic acids is 2. The zero-order chi connectivity index (χ0) is 44.4. The normalized spacial score (nSPS) is 20.7. The molecule has 10 heteroatoms. The first-order valence-electron chi connectivity index (χ1n) is 23.3. The van der Waals surface area contributed by atoms with Gasteiger partial charge in [0.2, 0.25) is 0 Å². The van der Waals surface area contributed by atoms with E-state index >= 15 is 0 Å². The lowest BCUT2D eigenvalue weighted by Crippen LogP contribution is -2.59. The molecule has 6 atom stereocenters. The van der Waals surface area contributed by atoms with Crippen molar-refractivity contribution in [1.82, 2.24) is 0 Å². The fourth-order valence-corrected chi connectivity index (χ4v) is 6.29. The number of rotatable bonds is 37. The predicted molar refractivity (Wildman–Crippen MR) is 247 cm³/mol. The first kappa shape index (κ1) is 55.6. The molecule has 0 spiro atoms. The summed E-state index contributed by atoms with van der Waals surface area (Å²) < 4.78 is 22.1. The maximum Gasteiger partial charge on any atom is 0.306 e. The summed E-state index contributed by atoms with van der Waals surface area (Å²) >= 11 is 0. The fourth-order valence-electron chi connectivity index (χ4n) is 6.29. The molecular formula is C51H82O10. The quantitative estimate of drug-likeness (QED) is 0.0270. The van der Waals surface area contributed by atoms with Crippen LogP contribution >= 0.6 is 0 Å². The Kier molecular flexibility index (Phi) is 37.1. The lowest BCUT2D eigenvalue weighted by Gasteiger charge is -2.39. The van der Waals surface area contributed by atoms with Crippen molar-refractivity contribution in [2.45, 2.75) is 192 Å². The van der Waals surface area contributed by atoms with Crippen LogP contribution < -0.4 is 0 Å². The Labute approximate surface area is 368 Å². The van der Waals surface area contributed by atoms with Crippen molar-refractivity contribution in [1.29, 1.82) is 0 Å². The van der Waals surface area contributed by atoms with Crippen molar-refractivity contribution in [2.75, 3.05) is 19.8 Å². The third-order valence-corrected chi connectivity index (χ3v) is 9.95. The zero-order valence-corrected chi connectivity index (χ0v) is 37.6. The van der Waals surface area contributed by atoms with Gasteiger partial charge in [-0.15, -0.1) is 0 Å². The molecule has 1 rings (SSSR count). The molecular weight excluding hydrogens is 773 g/mol.